The Morgan fingerprint density at radius 1 is 1.11 bits per heavy atom. The molecule has 2 aromatic carbocycles. The van der Waals surface area contributed by atoms with Gasteiger partial charge in [-0.3, -0.25) is 4.79 Å². The molecule has 19 heavy (non-hydrogen) atoms. The summed E-state index contributed by atoms with van der Waals surface area (Å²) in [6.45, 7) is 0. The summed E-state index contributed by atoms with van der Waals surface area (Å²) in [5.41, 5.74) is 8.60. The van der Waals surface area contributed by atoms with Crippen molar-refractivity contribution >= 4 is 5.91 Å². The number of hydrogen-bond acceptors (Lipinski definition) is 1. The Morgan fingerprint density at radius 2 is 1.84 bits per heavy atom. The zero-order chi connectivity index (χ0) is 13.4. The van der Waals surface area contributed by atoms with Gasteiger partial charge in [-0.25, -0.2) is 4.39 Å². The van der Waals surface area contributed by atoms with E-state index in [1.807, 2.05) is 18.2 Å². The van der Waals surface area contributed by atoms with Crippen molar-refractivity contribution < 1.29 is 9.18 Å². The number of amides is 1. The van der Waals surface area contributed by atoms with Crippen LogP contribution in [0.4, 0.5) is 4.39 Å². The molecule has 0 fully saturated rings. The lowest BCUT2D eigenvalue weighted by atomic mass is 9.89. The molecule has 2 aromatic rings. The van der Waals surface area contributed by atoms with E-state index in [9.17, 15) is 9.18 Å². The van der Waals surface area contributed by atoms with Gasteiger partial charge in [0.25, 0.3) is 0 Å². The summed E-state index contributed by atoms with van der Waals surface area (Å²) in [5.74, 6) is -0.522. The Balaban J connectivity index is 2.12. The Morgan fingerprint density at radius 3 is 2.63 bits per heavy atom. The molecule has 96 valence electrons. The fourth-order valence-electron chi connectivity index (χ4n) is 2.96. The summed E-state index contributed by atoms with van der Waals surface area (Å²) >= 11 is 0. The standard InChI is InChI=1S/C16H14FNO/c17-15-7-3-6-10-12(8-9-13(10)15)11-4-1-2-5-14(11)16(18)19/h1-7,12H,8-9H2,(H2,18,19)/t12-/m0/s1. The summed E-state index contributed by atoms with van der Waals surface area (Å²) in [6, 6.07) is 12.5. The highest BCUT2D eigenvalue weighted by molar-refractivity contribution is 5.94. The largest absolute Gasteiger partial charge is 0.366 e. The van der Waals surface area contributed by atoms with Gasteiger partial charge in [-0.15, -0.1) is 0 Å². The monoisotopic (exact) mass is 255 g/mol. The van der Waals surface area contributed by atoms with Gasteiger partial charge in [0.05, 0.1) is 0 Å². The molecule has 1 aliphatic rings. The number of nitrogens with two attached hydrogens (primary N) is 1. The Bertz CT molecular complexity index is 651. The first kappa shape index (κ1) is 11.9. The van der Waals surface area contributed by atoms with E-state index in [2.05, 4.69) is 0 Å². The van der Waals surface area contributed by atoms with Crippen molar-refractivity contribution in [1.29, 1.82) is 0 Å². The van der Waals surface area contributed by atoms with Crippen LogP contribution in [0.3, 0.4) is 0 Å². The van der Waals surface area contributed by atoms with E-state index >= 15 is 0 Å². The molecule has 1 atom stereocenters. The molecule has 0 saturated carbocycles. The molecule has 0 heterocycles. The third kappa shape index (κ3) is 1.91. The smallest absolute Gasteiger partial charge is 0.248 e. The third-order valence-corrected chi connectivity index (χ3v) is 3.82. The van der Waals surface area contributed by atoms with Crippen molar-refractivity contribution in [3.63, 3.8) is 0 Å². The molecule has 0 unspecified atom stereocenters. The first-order valence-corrected chi connectivity index (χ1v) is 6.34. The summed E-state index contributed by atoms with van der Waals surface area (Å²) < 4.78 is 13.7. The first-order chi connectivity index (χ1) is 9.18. The van der Waals surface area contributed by atoms with Crippen LogP contribution in [0.15, 0.2) is 42.5 Å². The van der Waals surface area contributed by atoms with Crippen LogP contribution in [0.25, 0.3) is 0 Å². The molecule has 0 aromatic heterocycles. The SMILES string of the molecule is NC(=O)c1ccccc1[C@H]1CCc2c(F)cccc21. The maximum atomic E-state index is 13.7. The minimum absolute atomic E-state index is 0.0643. The highest BCUT2D eigenvalue weighted by Gasteiger charge is 2.28. The highest BCUT2D eigenvalue weighted by atomic mass is 19.1. The third-order valence-electron chi connectivity index (χ3n) is 3.82. The number of carbonyl (C=O) groups is 1. The van der Waals surface area contributed by atoms with E-state index in [-0.39, 0.29) is 11.7 Å². The summed E-state index contributed by atoms with van der Waals surface area (Å²) in [7, 11) is 0. The van der Waals surface area contributed by atoms with E-state index in [0.29, 0.717) is 12.0 Å². The molecule has 0 bridgehead atoms. The van der Waals surface area contributed by atoms with Crippen LogP contribution in [-0.4, -0.2) is 5.91 Å². The molecule has 1 amide bonds. The molecule has 2 nitrogen and oxygen atoms in total. The molecule has 0 saturated heterocycles. The van der Waals surface area contributed by atoms with Crippen LogP contribution in [0.2, 0.25) is 0 Å². The van der Waals surface area contributed by atoms with Crippen LogP contribution in [0, 0.1) is 5.82 Å². The van der Waals surface area contributed by atoms with E-state index in [1.165, 1.54) is 6.07 Å². The quantitative estimate of drug-likeness (QED) is 0.880. The van der Waals surface area contributed by atoms with Crippen molar-refractivity contribution in [1.82, 2.24) is 0 Å². The Labute approximate surface area is 111 Å². The summed E-state index contributed by atoms with van der Waals surface area (Å²) in [4.78, 5) is 11.5. The van der Waals surface area contributed by atoms with E-state index in [1.54, 1.807) is 18.2 Å². The van der Waals surface area contributed by atoms with Crippen LogP contribution in [-0.2, 0) is 6.42 Å². The van der Waals surface area contributed by atoms with E-state index < -0.39 is 5.91 Å². The number of benzene rings is 2. The fourth-order valence-corrected chi connectivity index (χ4v) is 2.96. The zero-order valence-corrected chi connectivity index (χ0v) is 10.4. The zero-order valence-electron chi connectivity index (χ0n) is 10.4. The van der Waals surface area contributed by atoms with Crippen molar-refractivity contribution in [3.8, 4) is 0 Å². The topological polar surface area (TPSA) is 43.1 Å². The van der Waals surface area contributed by atoms with E-state index in [0.717, 1.165) is 23.1 Å². The fraction of sp³-hybridized carbons (Fsp3) is 0.188. The Hall–Kier alpha value is -2.16. The number of fused-ring (bicyclic) bond motifs is 1. The van der Waals surface area contributed by atoms with E-state index in [4.69, 9.17) is 5.73 Å². The van der Waals surface area contributed by atoms with Gasteiger partial charge >= 0.3 is 0 Å². The van der Waals surface area contributed by atoms with Crippen LogP contribution in [0.5, 0.6) is 0 Å². The lowest BCUT2D eigenvalue weighted by molar-refractivity contribution is 0.0999. The van der Waals surface area contributed by atoms with Gasteiger partial charge in [0.1, 0.15) is 5.82 Å². The number of primary amides is 1. The molecule has 0 radical (unpaired) electrons. The molecular formula is C16H14FNO. The predicted octanol–water partition coefficient (Wildman–Crippen LogP) is 3.00. The molecule has 2 N–H and O–H groups in total. The number of hydrogen-bond donors (Lipinski definition) is 1. The van der Waals surface area contributed by atoms with Gasteiger partial charge in [0.2, 0.25) is 5.91 Å². The van der Waals surface area contributed by atoms with Gasteiger partial charge in [-0.05, 0) is 41.7 Å². The minimum atomic E-state index is -0.430. The highest BCUT2D eigenvalue weighted by Crippen LogP contribution is 2.40. The van der Waals surface area contributed by atoms with Crippen LogP contribution in [0.1, 0.15) is 39.4 Å². The lowest BCUT2D eigenvalue weighted by Gasteiger charge is -2.15. The van der Waals surface area contributed by atoms with Crippen molar-refractivity contribution in [3.05, 3.63) is 70.5 Å². The molecule has 1 aliphatic carbocycles. The van der Waals surface area contributed by atoms with Crippen LogP contribution < -0.4 is 5.73 Å². The summed E-state index contributed by atoms with van der Waals surface area (Å²) in [6.07, 6.45) is 1.53. The molecule has 3 rings (SSSR count). The molecule has 0 aliphatic heterocycles. The van der Waals surface area contributed by atoms with Crippen molar-refractivity contribution in [2.45, 2.75) is 18.8 Å². The summed E-state index contributed by atoms with van der Waals surface area (Å²) in [5, 5.41) is 0. The average Bonchev–Trinajstić information content (AvgIpc) is 2.84. The Kier molecular flexibility index (Phi) is 2.82. The second kappa shape index (κ2) is 4.50. The van der Waals surface area contributed by atoms with Gasteiger partial charge in [0, 0.05) is 11.5 Å². The van der Waals surface area contributed by atoms with Gasteiger partial charge in [0.15, 0.2) is 0 Å². The predicted molar refractivity (Wildman–Crippen MR) is 71.5 cm³/mol. The second-order valence-electron chi connectivity index (χ2n) is 4.85. The van der Waals surface area contributed by atoms with Crippen molar-refractivity contribution in [2.75, 3.05) is 0 Å². The number of carbonyl (C=O) groups excluding carboxylic acids is 1. The molecule has 3 heteroatoms. The van der Waals surface area contributed by atoms with Gasteiger partial charge in [-0.2, -0.15) is 0 Å². The lowest BCUT2D eigenvalue weighted by Crippen LogP contribution is -2.15. The average molecular weight is 255 g/mol. The van der Waals surface area contributed by atoms with Crippen LogP contribution >= 0.6 is 0 Å². The number of rotatable bonds is 2. The maximum Gasteiger partial charge on any atom is 0.248 e. The second-order valence-corrected chi connectivity index (χ2v) is 4.85. The van der Waals surface area contributed by atoms with Crippen molar-refractivity contribution in [2.24, 2.45) is 5.73 Å². The first-order valence-electron chi connectivity index (χ1n) is 6.34. The normalized spacial score (nSPS) is 17.2. The van der Waals surface area contributed by atoms with Gasteiger partial charge < -0.3 is 5.73 Å². The number of halogens is 1. The molecular weight excluding hydrogens is 241 g/mol. The maximum absolute atomic E-state index is 13.7. The molecule has 0 spiro atoms. The van der Waals surface area contributed by atoms with Gasteiger partial charge in [-0.1, -0.05) is 30.3 Å². The minimum Gasteiger partial charge on any atom is -0.366 e.